The number of rotatable bonds is 32. The smallest absolute Gasteiger partial charge is 0.314 e. The number of esters is 2. The van der Waals surface area contributed by atoms with Crippen molar-refractivity contribution in [3.05, 3.63) is 84.4 Å². The summed E-state index contributed by atoms with van der Waals surface area (Å²) < 4.78 is 58.9. The lowest BCUT2D eigenvalue weighted by molar-refractivity contribution is -0.141. The van der Waals surface area contributed by atoms with Crippen LogP contribution < -0.4 is 42.9 Å². The predicted molar refractivity (Wildman–Crippen MR) is 291 cm³/mol. The summed E-state index contributed by atoms with van der Waals surface area (Å²) in [6.45, 7) is 5.57. The molecule has 0 amide bonds. The van der Waals surface area contributed by atoms with Gasteiger partial charge in [-0.05, 0) is 124 Å². The molecular formula is C58H75N3O14S. The van der Waals surface area contributed by atoms with Gasteiger partial charge in [-0.25, -0.2) is 9.99 Å². The van der Waals surface area contributed by atoms with Crippen LogP contribution in [0, 0.1) is 23.7 Å². The molecule has 76 heavy (non-hydrogen) atoms. The third kappa shape index (κ3) is 17.7. The van der Waals surface area contributed by atoms with Gasteiger partial charge in [-0.15, -0.1) is 0 Å². The molecule has 4 aromatic carbocycles. The number of para-hydroxylation sites is 1. The first-order valence-corrected chi connectivity index (χ1v) is 27.6. The number of carbonyl (C=O) groups excluding carboxylic acids is 2. The maximum atomic E-state index is 13.4. The summed E-state index contributed by atoms with van der Waals surface area (Å²) in [5.74, 6) is 3.39. The van der Waals surface area contributed by atoms with Crippen molar-refractivity contribution in [3.63, 3.8) is 0 Å². The van der Waals surface area contributed by atoms with Crippen LogP contribution in [0.25, 0.3) is 10.2 Å². The molecule has 17 nitrogen and oxygen atoms in total. The molecule has 0 radical (unpaired) electrons. The summed E-state index contributed by atoms with van der Waals surface area (Å²) >= 11 is 1.62. The van der Waals surface area contributed by atoms with E-state index < -0.39 is 0 Å². The molecule has 7 rings (SSSR count). The fraction of sp³-hybridized carbons (Fsp3) is 0.517. The van der Waals surface area contributed by atoms with E-state index in [2.05, 4.69) is 13.0 Å². The Labute approximate surface area is 450 Å². The van der Waals surface area contributed by atoms with Crippen LogP contribution in [0.4, 0.5) is 5.13 Å². The number of ether oxygens (including phenoxy) is 10. The third-order valence-corrected chi connectivity index (χ3v) is 14.6. The van der Waals surface area contributed by atoms with E-state index in [1.807, 2.05) is 47.6 Å². The van der Waals surface area contributed by atoms with Gasteiger partial charge in [0.2, 0.25) is 5.13 Å². The molecule has 2 fully saturated rings. The lowest BCUT2D eigenvalue weighted by Crippen LogP contribution is -2.28. The number of methoxy groups -OCH3 is 2. The van der Waals surface area contributed by atoms with Gasteiger partial charge in [0, 0.05) is 24.2 Å². The molecule has 0 aliphatic heterocycles. The quantitative estimate of drug-likeness (QED) is 0.0136. The molecule has 2 aliphatic carbocycles. The minimum absolute atomic E-state index is 0.0483. The minimum Gasteiger partial charge on any atom is -0.493 e. The van der Waals surface area contributed by atoms with Crippen LogP contribution >= 0.6 is 11.3 Å². The molecule has 2 aliphatic rings. The van der Waals surface area contributed by atoms with Gasteiger partial charge in [-0.3, -0.25) is 9.59 Å². The first kappa shape index (κ1) is 57.5. The van der Waals surface area contributed by atoms with E-state index in [1.165, 1.54) is 14.2 Å². The van der Waals surface area contributed by atoms with Crippen molar-refractivity contribution >= 4 is 44.8 Å². The molecule has 2 saturated carbocycles. The first-order valence-electron chi connectivity index (χ1n) is 26.8. The summed E-state index contributed by atoms with van der Waals surface area (Å²) in [6.07, 6.45) is 12.2. The number of aliphatic hydroxyl groups is 2. The number of thiazole rings is 1. The Morgan fingerprint density at radius 2 is 1.16 bits per heavy atom. The van der Waals surface area contributed by atoms with E-state index in [-0.39, 0.29) is 62.0 Å². The number of anilines is 1. The highest BCUT2D eigenvalue weighted by Gasteiger charge is 2.31. The molecule has 412 valence electrons. The Balaban J connectivity index is 0.956. The molecule has 2 N–H and O–H groups in total. The molecule has 1 heterocycles. The molecule has 0 saturated heterocycles. The highest BCUT2D eigenvalue weighted by molar-refractivity contribution is 7.22. The number of hydrogen-bond acceptors (Lipinski definition) is 18. The van der Waals surface area contributed by atoms with Gasteiger partial charge in [0.05, 0.1) is 95.3 Å². The second-order valence-electron chi connectivity index (χ2n) is 19.0. The van der Waals surface area contributed by atoms with Crippen molar-refractivity contribution in [3.8, 4) is 46.0 Å². The normalized spacial score (nSPS) is 17.5. The molecule has 5 aromatic rings. The molecular weight excluding hydrogens is 995 g/mol. The topological polar surface area (TPSA) is 195 Å². The number of hydrazone groups is 1. The third-order valence-electron chi connectivity index (χ3n) is 13.5. The number of aromatic nitrogens is 1. The summed E-state index contributed by atoms with van der Waals surface area (Å²) in [5, 5.41) is 25.7. The fourth-order valence-electron chi connectivity index (χ4n) is 9.19. The largest absolute Gasteiger partial charge is 0.493 e. The van der Waals surface area contributed by atoms with E-state index in [9.17, 15) is 9.59 Å². The molecule has 0 unspecified atom stereocenters. The maximum Gasteiger partial charge on any atom is 0.314 e. The first-order chi connectivity index (χ1) is 37.3. The Kier molecular flexibility index (Phi) is 23.6. The second-order valence-corrected chi connectivity index (χ2v) is 20.0. The van der Waals surface area contributed by atoms with Crippen LogP contribution in [-0.2, 0) is 19.1 Å². The van der Waals surface area contributed by atoms with Crippen LogP contribution in [0.15, 0.2) is 84.0 Å². The zero-order valence-electron chi connectivity index (χ0n) is 44.2. The van der Waals surface area contributed by atoms with Crippen LogP contribution in [0.2, 0.25) is 0 Å². The van der Waals surface area contributed by atoms with Crippen molar-refractivity contribution in [2.45, 2.75) is 84.0 Å². The highest BCUT2D eigenvalue weighted by Crippen LogP contribution is 2.38. The van der Waals surface area contributed by atoms with Crippen LogP contribution in [0.3, 0.4) is 0 Å². The van der Waals surface area contributed by atoms with Crippen molar-refractivity contribution in [1.29, 1.82) is 0 Å². The number of benzene rings is 4. The van der Waals surface area contributed by atoms with E-state index in [0.29, 0.717) is 111 Å². The standard InChI is InChI=1S/C58H75N3O14S/c1-4-5-6-9-26-61(58-60-49-10-7-8-11-55(49)76-58)59-38-45-35-46(72-39-41-12-16-43(17-13-41)56(64)74-51-24-21-47(36-53(51)66-2)70-33-31-68-29-27-62)20-23-50(45)73-40-42-14-18-44(19-15-42)57(65)75-52-25-22-48(37-54(52)67-3)71-34-32-69-30-28-63/h7-8,10-11,20-25,35-38,41-44,62-63H,4-6,9,12-19,26-34,39-40H2,1-3H3/b59-38+. The van der Waals surface area contributed by atoms with E-state index in [4.69, 9.17) is 67.7 Å². The van der Waals surface area contributed by atoms with Gasteiger partial charge in [-0.1, -0.05) is 49.7 Å². The lowest BCUT2D eigenvalue weighted by atomic mass is 9.82. The molecule has 0 spiro atoms. The Hall–Kier alpha value is -6.18. The van der Waals surface area contributed by atoms with Gasteiger partial charge < -0.3 is 57.6 Å². The number of unbranched alkanes of at least 4 members (excludes halogenated alkanes) is 3. The summed E-state index contributed by atoms with van der Waals surface area (Å²) in [4.78, 5) is 31.7. The van der Waals surface area contributed by atoms with E-state index in [0.717, 1.165) is 78.8 Å². The zero-order chi connectivity index (χ0) is 53.3. The second kappa shape index (κ2) is 31.1. The van der Waals surface area contributed by atoms with Crippen molar-refractivity contribution in [2.24, 2.45) is 28.8 Å². The summed E-state index contributed by atoms with van der Waals surface area (Å²) in [5.41, 5.74) is 1.72. The predicted octanol–water partition coefficient (Wildman–Crippen LogP) is 10.1. The average molecular weight is 1070 g/mol. The summed E-state index contributed by atoms with van der Waals surface area (Å²) in [7, 11) is 3.04. The minimum atomic E-state index is -0.287. The summed E-state index contributed by atoms with van der Waals surface area (Å²) in [6, 6.07) is 24.2. The monoisotopic (exact) mass is 1070 g/mol. The van der Waals surface area contributed by atoms with Gasteiger partial charge in [0.25, 0.3) is 0 Å². The van der Waals surface area contributed by atoms with Gasteiger partial charge in [-0.2, -0.15) is 5.10 Å². The Morgan fingerprint density at radius 1 is 0.618 bits per heavy atom. The van der Waals surface area contributed by atoms with Crippen molar-refractivity contribution < 1.29 is 67.2 Å². The van der Waals surface area contributed by atoms with Gasteiger partial charge >= 0.3 is 11.9 Å². The number of nitrogens with zero attached hydrogens (tertiary/aromatic N) is 3. The maximum absolute atomic E-state index is 13.4. The van der Waals surface area contributed by atoms with E-state index in [1.54, 1.807) is 47.7 Å². The van der Waals surface area contributed by atoms with Crippen LogP contribution in [0.5, 0.6) is 46.0 Å². The Bertz CT molecular complexity index is 2540. The lowest BCUT2D eigenvalue weighted by Gasteiger charge is -2.28. The zero-order valence-corrected chi connectivity index (χ0v) is 45.0. The van der Waals surface area contributed by atoms with E-state index >= 15 is 0 Å². The fourth-order valence-corrected chi connectivity index (χ4v) is 10.1. The SMILES string of the molecule is CCCCCCN(/N=C/c1cc(OCC2CCC(C(=O)Oc3ccc(OCCOCCO)cc3OC)CC2)ccc1OCC1CCC(C(=O)Oc2ccc(OCCOCCO)cc2OC)CC1)c1nc2ccccc2s1. The van der Waals surface area contributed by atoms with Crippen molar-refractivity contribution in [1.82, 2.24) is 4.98 Å². The van der Waals surface area contributed by atoms with Crippen LogP contribution in [-0.4, -0.2) is 120 Å². The molecule has 0 atom stereocenters. The number of hydrogen-bond donors (Lipinski definition) is 2. The highest BCUT2D eigenvalue weighted by atomic mass is 32.1. The van der Waals surface area contributed by atoms with Gasteiger partial charge in [0.15, 0.2) is 23.0 Å². The van der Waals surface area contributed by atoms with Crippen LogP contribution in [0.1, 0.15) is 89.5 Å². The number of aliphatic hydroxyl groups excluding tert-OH is 2. The van der Waals surface area contributed by atoms with Crippen molar-refractivity contribution in [2.75, 3.05) is 91.8 Å². The van der Waals surface area contributed by atoms with Gasteiger partial charge in [0.1, 0.15) is 36.2 Å². The molecule has 0 bridgehead atoms. The number of carbonyl (C=O) groups is 2. The molecule has 1 aromatic heterocycles. The Morgan fingerprint density at radius 3 is 1.70 bits per heavy atom. The average Bonchev–Trinajstić information content (AvgIpc) is 3.89. The molecule has 18 heteroatoms. The number of fused-ring (bicyclic) bond motifs is 1.